The number of benzene rings is 2. The Morgan fingerprint density at radius 1 is 1.19 bits per heavy atom. The van der Waals surface area contributed by atoms with Gasteiger partial charge in [-0.2, -0.15) is 0 Å². The van der Waals surface area contributed by atoms with Crippen LogP contribution in [0.4, 0.5) is 11.4 Å². The Bertz CT molecular complexity index is 1000. The number of methoxy groups -OCH3 is 1. The minimum atomic E-state index is -3.12. The second-order valence-corrected chi connectivity index (χ2v) is 7.44. The van der Waals surface area contributed by atoms with Crippen LogP contribution in [-0.2, 0) is 9.92 Å². The van der Waals surface area contributed by atoms with E-state index in [0.29, 0.717) is 4.90 Å². The average Bonchev–Trinajstić information content (AvgIpc) is 2.66. The summed E-state index contributed by atoms with van der Waals surface area (Å²) in [6.07, 6.45) is 1.72. The van der Waals surface area contributed by atoms with Gasteiger partial charge in [-0.25, -0.2) is 13.7 Å². The molecule has 26 heavy (non-hydrogen) atoms. The lowest BCUT2D eigenvalue weighted by molar-refractivity contribution is 0.301. The molecule has 0 saturated heterocycles. The Morgan fingerprint density at radius 2 is 1.96 bits per heavy atom. The molecule has 0 unspecified atom stereocenters. The van der Waals surface area contributed by atoms with Crippen molar-refractivity contribution in [2.45, 2.75) is 4.90 Å². The third kappa shape index (κ3) is 3.93. The zero-order valence-corrected chi connectivity index (χ0v) is 15.0. The minimum absolute atomic E-state index is 0.106. The highest BCUT2D eigenvalue weighted by Crippen LogP contribution is 2.28. The van der Waals surface area contributed by atoms with Crippen molar-refractivity contribution in [3.63, 3.8) is 0 Å². The third-order valence-corrected chi connectivity index (χ3v) is 5.38. The molecule has 0 aliphatic carbocycles. The molecule has 0 saturated carbocycles. The first kappa shape index (κ1) is 18.1. The van der Waals surface area contributed by atoms with E-state index >= 15 is 0 Å². The predicted octanol–water partition coefficient (Wildman–Crippen LogP) is 2.89. The number of rotatable bonds is 7. The molecule has 0 amide bonds. The van der Waals surface area contributed by atoms with Gasteiger partial charge in [0, 0.05) is 35.6 Å². The molecule has 4 N–H and O–H groups in total. The van der Waals surface area contributed by atoms with Gasteiger partial charge < -0.3 is 15.2 Å². The van der Waals surface area contributed by atoms with Gasteiger partial charge in [0.1, 0.15) is 15.7 Å². The summed E-state index contributed by atoms with van der Waals surface area (Å²) in [7, 11) is -1.50. The summed E-state index contributed by atoms with van der Waals surface area (Å²) in [5.41, 5.74) is 2.50. The highest BCUT2D eigenvalue weighted by molar-refractivity contribution is 7.90. The van der Waals surface area contributed by atoms with Gasteiger partial charge in [0.15, 0.2) is 0 Å². The summed E-state index contributed by atoms with van der Waals surface area (Å²) >= 11 is 0. The molecular weight excluding hydrogens is 352 g/mol. The van der Waals surface area contributed by atoms with Gasteiger partial charge in [-0.1, -0.05) is 0 Å². The molecule has 1 heterocycles. The lowest BCUT2D eigenvalue weighted by atomic mass is 10.1. The van der Waals surface area contributed by atoms with E-state index in [2.05, 4.69) is 15.0 Å². The van der Waals surface area contributed by atoms with Crippen LogP contribution in [0.1, 0.15) is 0 Å². The standard InChI is InChI=1S/C18H20N4O3S/c1-25-14-4-7-16-17(8-9-20-18(16)12-14)22-13-2-5-15(6-3-13)26(19,24)21-10-11-23/h2-9,12,23H,10-11H2,1H3,(H,20,22)(H2,19,21,24)/t26-/m1/s1. The van der Waals surface area contributed by atoms with E-state index in [0.717, 1.165) is 28.0 Å². The number of nitrogens with one attached hydrogen (secondary N) is 3. The largest absolute Gasteiger partial charge is 0.497 e. The molecule has 7 nitrogen and oxygen atoms in total. The molecule has 2 aromatic carbocycles. The van der Waals surface area contributed by atoms with Gasteiger partial charge in [-0.15, -0.1) is 0 Å². The van der Waals surface area contributed by atoms with E-state index in [9.17, 15) is 4.21 Å². The van der Waals surface area contributed by atoms with E-state index in [-0.39, 0.29) is 13.2 Å². The van der Waals surface area contributed by atoms with Crippen LogP contribution in [0, 0.1) is 4.78 Å². The average molecular weight is 372 g/mol. The van der Waals surface area contributed by atoms with E-state index in [4.69, 9.17) is 14.6 Å². The summed E-state index contributed by atoms with van der Waals surface area (Å²) in [4.78, 5) is 4.72. The molecule has 0 radical (unpaired) electrons. The van der Waals surface area contributed by atoms with Crippen LogP contribution >= 0.6 is 0 Å². The summed E-state index contributed by atoms with van der Waals surface area (Å²) in [6, 6.07) is 14.3. The van der Waals surface area contributed by atoms with Gasteiger partial charge >= 0.3 is 0 Å². The van der Waals surface area contributed by atoms with Crippen LogP contribution in [0.5, 0.6) is 5.75 Å². The van der Waals surface area contributed by atoms with Crippen LogP contribution in [-0.4, -0.2) is 34.6 Å². The molecule has 1 atom stereocenters. The monoisotopic (exact) mass is 372 g/mol. The zero-order chi connectivity index (χ0) is 18.6. The summed E-state index contributed by atoms with van der Waals surface area (Å²) < 4.78 is 27.9. The van der Waals surface area contributed by atoms with Crippen LogP contribution in [0.15, 0.2) is 59.6 Å². The van der Waals surface area contributed by atoms with Crippen LogP contribution in [0.2, 0.25) is 0 Å². The normalized spacial score (nSPS) is 13.3. The lowest BCUT2D eigenvalue weighted by Gasteiger charge is -2.12. The number of aliphatic hydroxyl groups is 1. The molecule has 0 bridgehead atoms. The zero-order valence-electron chi connectivity index (χ0n) is 14.2. The maximum atomic E-state index is 12.3. The maximum absolute atomic E-state index is 12.3. The van der Waals surface area contributed by atoms with E-state index in [1.807, 2.05) is 24.3 Å². The Morgan fingerprint density at radius 3 is 2.65 bits per heavy atom. The van der Waals surface area contributed by atoms with Crippen molar-refractivity contribution in [1.82, 2.24) is 9.71 Å². The van der Waals surface area contributed by atoms with Gasteiger partial charge in [-0.3, -0.25) is 4.98 Å². The van der Waals surface area contributed by atoms with Gasteiger partial charge in [0.2, 0.25) is 0 Å². The second-order valence-electron chi connectivity index (χ2n) is 5.57. The predicted molar refractivity (Wildman–Crippen MR) is 102 cm³/mol. The summed E-state index contributed by atoms with van der Waals surface area (Å²) in [5, 5.41) is 13.1. The maximum Gasteiger partial charge on any atom is 0.134 e. The number of aliphatic hydroxyl groups excluding tert-OH is 1. The van der Waals surface area contributed by atoms with Crippen molar-refractivity contribution in [2.24, 2.45) is 0 Å². The number of hydrogen-bond acceptors (Lipinski definition) is 6. The molecular formula is C18H20N4O3S. The number of pyridine rings is 1. The van der Waals surface area contributed by atoms with Gasteiger partial charge in [0.25, 0.3) is 0 Å². The van der Waals surface area contributed by atoms with Crippen LogP contribution in [0.25, 0.3) is 10.9 Å². The van der Waals surface area contributed by atoms with Crippen LogP contribution < -0.4 is 14.8 Å². The highest BCUT2D eigenvalue weighted by Gasteiger charge is 2.09. The minimum Gasteiger partial charge on any atom is -0.497 e. The first-order valence-electron chi connectivity index (χ1n) is 7.97. The van der Waals surface area contributed by atoms with Crippen molar-refractivity contribution in [1.29, 1.82) is 4.78 Å². The van der Waals surface area contributed by atoms with Crippen LogP contribution in [0.3, 0.4) is 0 Å². The lowest BCUT2D eigenvalue weighted by Crippen LogP contribution is -2.25. The number of nitrogens with zero attached hydrogens (tertiary/aromatic N) is 1. The van der Waals surface area contributed by atoms with E-state index in [1.165, 1.54) is 0 Å². The van der Waals surface area contributed by atoms with Gasteiger partial charge in [-0.05, 0) is 42.5 Å². The fourth-order valence-corrected chi connectivity index (χ4v) is 3.59. The molecule has 8 heteroatoms. The number of aromatic nitrogens is 1. The van der Waals surface area contributed by atoms with Crippen molar-refractivity contribution < 1.29 is 14.1 Å². The first-order chi connectivity index (χ1) is 12.5. The van der Waals surface area contributed by atoms with Crippen molar-refractivity contribution in [3.05, 3.63) is 54.7 Å². The van der Waals surface area contributed by atoms with Crippen molar-refractivity contribution in [3.8, 4) is 5.75 Å². The number of fused-ring (bicyclic) bond motifs is 1. The number of ether oxygens (including phenoxy) is 1. The van der Waals surface area contributed by atoms with E-state index < -0.39 is 9.92 Å². The third-order valence-electron chi connectivity index (χ3n) is 3.83. The Balaban J connectivity index is 1.85. The van der Waals surface area contributed by atoms with Gasteiger partial charge in [0.05, 0.1) is 24.1 Å². The van der Waals surface area contributed by atoms with Crippen molar-refractivity contribution in [2.75, 3.05) is 25.6 Å². The summed E-state index contributed by atoms with van der Waals surface area (Å²) in [5.74, 6) is 0.743. The molecule has 3 aromatic rings. The molecule has 0 fully saturated rings. The quantitative estimate of drug-likeness (QED) is 0.510. The second kappa shape index (κ2) is 7.69. The molecule has 136 valence electrons. The molecule has 0 aliphatic rings. The van der Waals surface area contributed by atoms with Crippen molar-refractivity contribution >= 4 is 32.2 Å². The molecule has 0 aliphatic heterocycles. The fourth-order valence-electron chi connectivity index (χ4n) is 2.52. The molecule has 3 rings (SSSR count). The smallest absolute Gasteiger partial charge is 0.134 e. The fraction of sp³-hybridized carbons (Fsp3) is 0.167. The van der Waals surface area contributed by atoms with E-state index in [1.54, 1.807) is 37.6 Å². The number of anilines is 2. The highest BCUT2D eigenvalue weighted by atomic mass is 32.2. The molecule has 1 aromatic heterocycles. The molecule has 0 spiro atoms. The Labute approximate surface area is 152 Å². The topological polar surface area (TPSA) is 107 Å². The SMILES string of the molecule is COc1ccc2c(Nc3ccc([S@](=N)(=O)NCCO)cc3)ccnc2c1. The Kier molecular flexibility index (Phi) is 5.36. The number of hydrogen-bond donors (Lipinski definition) is 4. The summed E-state index contributed by atoms with van der Waals surface area (Å²) in [6.45, 7) is -0.0653. The first-order valence-corrected chi connectivity index (χ1v) is 9.53. The Hall–Kier alpha value is -2.68.